The minimum absolute atomic E-state index is 0.250. The van der Waals surface area contributed by atoms with E-state index in [1.807, 2.05) is 36.4 Å². The summed E-state index contributed by atoms with van der Waals surface area (Å²) in [7, 11) is 0. The molecule has 1 N–H and O–H groups in total. The lowest BCUT2D eigenvalue weighted by Crippen LogP contribution is -2.37. The number of ether oxygens (including phenoxy) is 1. The van der Waals surface area contributed by atoms with Crippen LogP contribution in [0.2, 0.25) is 0 Å². The van der Waals surface area contributed by atoms with Crippen LogP contribution in [0.5, 0.6) is 0 Å². The van der Waals surface area contributed by atoms with Gasteiger partial charge in [0.1, 0.15) is 6.61 Å². The Labute approximate surface area is 114 Å². The van der Waals surface area contributed by atoms with Crippen LogP contribution in [-0.4, -0.2) is 12.1 Å². The van der Waals surface area contributed by atoms with Crippen molar-refractivity contribution in [1.29, 1.82) is 0 Å². The Morgan fingerprint density at radius 1 is 1.26 bits per heavy atom. The Morgan fingerprint density at radius 3 is 2.58 bits per heavy atom. The van der Waals surface area contributed by atoms with Gasteiger partial charge in [-0.15, -0.1) is 6.58 Å². The van der Waals surface area contributed by atoms with Crippen molar-refractivity contribution in [3.63, 3.8) is 0 Å². The lowest BCUT2D eigenvalue weighted by atomic mass is 9.86. The summed E-state index contributed by atoms with van der Waals surface area (Å²) in [6.45, 7) is 4.15. The van der Waals surface area contributed by atoms with Gasteiger partial charge in [-0.1, -0.05) is 36.4 Å². The van der Waals surface area contributed by atoms with Gasteiger partial charge in [0.25, 0.3) is 0 Å². The maximum Gasteiger partial charge on any atom is 0.407 e. The molecule has 3 heteroatoms. The Bertz CT molecular complexity index is 408. The molecule has 1 aromatic rings. The van der Waals surface area contributed by atoms with Crippen molar-refractivity contribution in [2.24, 2.45) is 5.92 Å². The predicted molar refractivity (Wildman–Crippen MR) is 75.7 cm³/mol. The summed E-state index contributed by atoms with van der Waals surface area (Å²) in [6.07, 6.45) is 5.93. The van der Waals surface area contributed by atoms with Gasteiger partial charge >= 0.3 is 6.09 Å². The van der Waals surface area contributed by atoms with Crippen LogP contribution in [0.3, 0.4) is 0 Å². The van der Waals surface area contributed by atoms with Gasteiger partial charge in [-0.05, 0) is 37.2 Å². The quantitative estimate of drug-likeness (QED) is 0.838. The lowest BCUT2D eigenvalue weighted by molar-refractivity contribution is 0.132. The fourth-order valence-corrected chi connectivity index (χ4v) is 2.43. The number of carbonyl (C=O) groups is 1. The van der Waals surface area contributed by atoms with Gasteiger partial charge in [0, 0.05) is 6.04 Å². The molecule has 1 aliphatic rings. The highest BCUT2D eigenvalue weighted by atomic mass is 16.5. The molecule has 0 bridgehead atoms. The molecule has 0 saturated heterocycles. The largest absolute Gasteiger partial charge is 0.445 e. The third-order valence-electron chi connectivity index (χ3n) is 3.64. The van der Waals surface area contributed by atoms with Crippen molar-refractivity contribution in [2.75, 3.05) is 0 Å². The molecule has 3 nitrogen and oxygen atoms in total. The second kappa shape index (κ2) is 6.98. The first-order valence-corrected chi connectivity index (χ1v) is 6.87. The molecular weight excluding hydrogens is 238 g/mol. The van der Waals surface area contributed by atoms with Crippen LogP contribution in [0.4, 0.5) is 4.79 Å². The first kappa shape index (κ1) is 13.7. The topological polar surface area (TPSA) is 38.3 Å². The molecule has 102 valence electrons. The minimum atomic E-state index is -0.314. The Morgan fingerprint density at radius 2 is 1.95 bits per heavy atom. The van der Waals surface area contributed by atoms with E-state index in [1.54, 1.807) is 0 Å². The van der Waals surface area contributed by atoms with Crippen LogP contribution in [0.1, 0.15) is 31.2 Å². The average Bonchev–Trinajstić information content (AvgIpc) is 2.47. The summed E-state index contributed by atoms with van der Waals surface area (Å²) in [4.78, 5) is 11.7. The number of amides is 1. The highest BCUT2D eigenvalue weighted by Gasteiger charge is 2.20. The maximum atomic E-state index is 11.7. The molecule has 0 unspecified atom stereocenters. The second-order valence-electron chi connectivity index (χ2n) is 5.05. The fraction of sp³-hybridized carbons (Fsp3) is 0.438. The molecule has 1 aromatic carbocycles. The molecule has 0 heterocycles. The smallest absolute Gasteiger partial charge is 0.407 e. The highest BCUT2D eigenvalue weighted by molar-refractivity contribution is 5.67. The molecular formula is C16H21NO2. The van der Waals surface area contributed by atoms with Crippen molar-refractivity contribution >= 4 is 6.09 Å². The van der Waals surface area contributed by atoms with Gasteiger partial charge in [-0.25, -0.2) is 4.79 Å². The first-order valence-electron chi connectivity index (χ1n) is 6.87. The van der Waals surface area contributed by atoms with Gasteiger partial charge in [-0.3, -0.25) is 0 Å². The standard InChI is InChI=1S/C16H21NO2/c1-2-13-8-10-15(11-9-13)17-16(18)19-12-14-6-4-3-5-7-14/h2-7,13,15H,1,8-12H2,(H,17,18). The second-order valence-corrected chi connectivity index (χ2v) is 5.05. The zero-order valence-electron chi connectivity index (χ0n) is 11.2. The molecule has 1 saturated carbocycles. The van der Waals surface area contributed by atoms with Crippen molar-refractivity contribution in [2.45, 2.75) is 38.3 Å². The molecule has 1 fully saturated rings. The number of allylic oxidation sites excluding steroid dienone is 1. The zero-order valence-corrected chi connectivity index (χ0v) is 11.2. The van der Waals surface area contributed by atoms with Crippen molar-refractivity contribution in [3.05, 3.63) is 48.6 Å². The summed E-state index contributed by atoms with van der Waals surface area (Å²) >= 11 is 0. The van der Waals surface area contributed by atoms with E-state index in [2.05, 4.69) is 11.9 Å². The van der Waals surface area contributed by atoms with E-state index < -0.39 is 0 Å². The van der Waals surface area contributed by atoms with Crippen LogP contribution < -0.4 is 5.32 Å². The molecule has 0 aliphatic heterocycles. The van der Waals surface area contributed by atoms with Gasteiger partial charge < -0.3 is 10.1 Å². The number of alkyl carbamates (subject to hydrolysis) is 1. The zero-order chi connectivity index (χ0) is 13.5. The van der Waals surface area contributed by atoms with E-state index in [-0.39, 0.29) is 12.1 Å². The number of carbonyl (C=O) groups excluding carboxylic acids is 1. The number of hydrogen-bond acceptors (Lipinski definition) is 2. The number of benzene rings is 1. The van der Waals surface area contributed by atoms with Crippen LogP contribution in [-0.2, 0) is 11.3 Å². The predicted octanol–water partition coefficient (Wildman–Crippen LogP) is 3.66. The highest BCUT2D eigenvalue weighted by Crippen LogP contribution is 2.24. The van der Waals surface area contributed by atoms with Gasteiger partial charge in [-0.2, -0.15) is 0 Å². The molecule has 0 atom stereocenters. The van der Waals surface area contributed by atoms with E-state index in [4.69, 9.17) is 4.74 Å². The van der Waals surface area contributed by atoms with Gasteiger partial charge in [0.2, 0.25) is 0 Å². The Balaban J connectivity index is 1.69. The lowest BCUT2D eigenvalue weighted by Gasteiger charge is -2.26. The molecule has 1 amide bonds. The maximum absolute atomic E-state index is 11.7. The van der Waals surface area contributed by atoms with E-state index in [1.165, 1.54) is 0 Å². The van der Waals surface area contributed by atoms with E-state index >= 15 is 0 Å². The van der Waals surface area contributed by atoms with E-state index in [9.17, 15) is 4.79 Å². The molecule has 0 radical (unpaired) electrons. The van der Waals surface area contributed by atoms with Crippen LogP contribution in [0.15, 0.2) is 43.0 Å². The van der Waals surface area contributed by atoms with Crippen molar-refractivity contribution in [3.8, 4) is 0 Å². The fourth-order valence-electron chi connectivity index (χ4n) is 2.43. The average molecular weight is 259 g/mol. The summed E-state index contributed by atoms with van der Waals surface area (Å²) in [6, 6.07) is 9.96. The molecule has 0 aromatic heterocycles. The van der Waals surface area contributed by atoms with E-state index in [0.29, 0.717) is 12.5 Å². The SMILES string of the molecule is C=CC1CCC(NC(=O)OCc2ccccc2)CC1. The summed E-state index contributed by atoms with van der Waals surface area (Å²) in [5, 5.41) is 2.94. The Kier molecular flexibility index (Phi) is 5.01. The molecule has 0 spiro atoms. The number of nitrogens with one attached hydrogen (secondary N) is 1. The number of rotatable bonds is 4. The van der Waals surface area contributed by atoms with Gasteiger partial charge in [0.15, 0.2) is 0 Å². The first-order chi connectivity index (χ1) is 9.28. The number of hydrogen-bond donors (Lipinski definition) is 1. The normalized spacial score (nSPS) is 22.5. The molecule has 19 heavy (non-hydrogen) atoms. The van der Waals surface area contributed by atoms with Crippen molar-refractivity contribution < 1.29 is 9.53 Å². The third-order valence-corrected chi connectivity index (χ3v) is 3.64. The summed E-state index contributed by atoms with van der Waals surface area (Å²) in [5.74, 6) is 0.610. The van der Waals surface area contributed by atoms with Crippen LogP contribution in [0.25, 0.3) is 0 Å². The summed E-state index contributed by atoms with van der Waals surface area (Å²) < 4.78 is 5.21. The summed E-state index contributed by atoms with van der Waals surface area (Å²) in [5.41, 5.74) is 1.01. The monoisotopic (exact) mass is 259 g/mol. The van der Waals surface area contributed by atoms with Crippen molar-refractivity contribution in [1.82, 2.24) is 5.32 Å². The molecule has 2 rings (SSSR count). The van der Waals surface area contributed by atoms with E-state index in [0.717, 1.165) is 31.2 Å². The Hall–Kier alpha value is -1.77. The van der Waals surface area contributed by atoms with Crippen LogP contribution >= 0.6 is 0 Å². The van der Waals surface area contributed by atoms with Crippen LogP contribution in [0, 0.1) is 5.92 Å². The molecule has 1 aliphatic carbocycles. The van der Waals surface area contributed by atoms with Gasteiger partial charge in [0.05, 0.1) is 0 Å². The third kappa shape index (κ3) is 4.43. The minimum Gasteiger partial charge on any atom is -0.445 e.